The molecular weight excluding hydrogens is 591 g/mol. The summed E-state index contributed by atoms with van der Waals surface area (Å²) in [5, 5.41) is 3.51. The van der Waals surface area contributed by atoms with Crippen molar-refractivity contribution in [2.75, 3.05) is 5.32 Å². The minimum Gasteiger partial charge on any atom is -0.356 e. The van der Waals surface area contributed by atoms with E-state index in [1.165, 1.54) is 50.1 Å². The molecule has 244 valence electrons. The molecule has 0 radical (unpaired) electrons. The summed E-state index contributed by atoms with van der Waals surface area (Å²) in [4.78, 5) is 0. The summed E-state index contributed by atoms with van der Waals surface area (Å²) in [5.74, 6) is 0. The lowest BCUT2D eigenvalue weighted by molar-refractivity contribution is 0.960. The lowest BCUT2D eigenvalue weighted by Crippen LogP contribution is -1.95. The number of nitrogens with one attached hydrogen (secondary N) is 1. The van der Waals surface area contributed by atoms with Gasteiger partial charge in [-0.3, -0.25) is 0 Å². The van der Waals surface area contributed by atoms with Crippen molar-refractivity contribution in [2.24, 2.45) is 0 Å². The van der Waals surface area contributed by atoms with Gasteiger partial charge in [-0.05, 0) is 113 Å². The summed E-state index contributed by atoms with van der Waals surface area (Å²) < 4.78 is 0. The van der Waals surface area contributed by atoms with E-state index in [2.05, 4.69) is 177 Å². The second-order valence-corrected chi connectivity index (χ2v) is 12.3. The number of rotatable bonds is 14. The Morgan fingerprint density at radius 2 is 0.551 bits per heavy atom. The Balaban J connectivity index is 0.000000244. The minimum absolute atomic E-state index is 1.04. The van der Waals surface area contributed by atoms with Crippen LogP contribution in [0.1, 0.15) is 50.1 Å². The zero-order chi connectivity index (χ0) is 34.1. The van der Waals surface area contributed by atoms with Gasteiger partial charge in [-0.25, -0.2) is 0 Å². The van der Waals surface area contributed by atoms with Gasteiger partial charge in [-0.1, -0.05) is 165 Å². The van der Waals surface area contributed by atoms with Crippen LogP contribution in [0.5, 0.6) is 0 Å². The van der Waals surface area contributed by atoms with Crippen LogP contribution in [0.3, 0.4) is 0 Å². The Morgan fingerprint density at radius 3 is 0.816 bits per heavy atom. The number of hydrogen-bond acceptors (Lipinski definition) is 1. The van der Waals surface area contributed by atoms with Gasteiger partial charge in [-0.15, -0.1) is 0 Å². The maximum Gasteiger partial charge on any atom is 0.0384 e. The van der Waals surface area contributed by atoms with E-state index in [9.17, 15) is 0 Å². The van der Waals surface area contributed by atoms with Crippen molar-refractivity contribution in [3.8, 4) is 0 Å². The van der Waals surface area contributed by atoms with Crippen molar-refractivity contribution >= 4 is 29.6 Å². The topological polar surface area (TPSA) is 12.0 Å². The lowest BCUT2D eigenvalue weighted by atomic mass is 10.0. The monoisotopic (exact) mass is 637 g/mol. The first kappa shape index (κ1) is 34.7. The molecule has 0 spiro atoms. The Hall–Kier alpha value is -5.66. The van der Waals surface area contributed by atoms with Crippen LogP contribution >= 0.6 is 0 Å². The fraction of sp³-hybridized carbons (Fsp3) is 0.125. The predicted octanol–water partition coefficient (Wildman–Crippen LogP) is 12.4. The molecule has 0 saturated carbocycles. The van der Waals surface area contributed by atoms with E-state index in [-0.39, 0.29) is 0 Å². The Labute approximate surface area is 294 Å². The minimum atomic E-state index is 1.04. The van der Waals surface area contributed by atoms with Crippen LogP contribution in [0, 0.1) is 0 Å². The average molecular weight is 638 g/mol. The summed E-state index contributed by atoms with van der Waals surface area (Å²) in [6.07, 6.45) is 12.0. The molecular formula is C48H47N. The van der Waals surface area contributed by atoms with Crippen LogP contribution < -0.4 is 5.32 Å². The SMILES string of the molecule is C=Cc1ccc(CCc2ccc(Nc3ccc(CCc4ccc(C=C)cc4)cc3)cc2)cc1.C=Cc1ccc(CCc2ccccc2)cc1. The highest BCUT2D eigenvalue weighted by molar-refractivity contribution is 5.60. The molecule has 0 unspecified atom stereocenters. The molecule has 0 atom stereocenters. The van der Waals surface area contributed by atoms with Gasteiger partial charge in [0.15, 0.2) is 0 Å². The van der Waals surface area contributed by atoms with Crippen molar-refractivity contribution < 1.29 is 0 Å². The van der Waals surface area contributed by atoms with E-state index < -0.39 is 0 Å². The van der Waals surface area contributed by atoms with Crippen molar-refractivity contribution in [3.63, 3.8) is 0 Å². The Bertz CT molecular complexity index is 1760. The summed E-state index contributed by atoms with van der Waals surface area (Å²) in [7, 11) is 0. The van der Waals surface area contributed by atoms with Crippen molar-refractivity contribution in [3.05, 3.63) is 221 Å². The molecule has 0 saturated heterocycles. The van der Waals surface area contributed by atoms with Crippen molar-refractivity contribution in [1.29, 1.82) is 0 Å². The highest BCUT2D eigenvalue weighted by Crippen LogP contribution is 2.20. The van der Waals surface area contributed by atoms with E-state index in [0.717, 1.165) is 49.9 Å². The Kier molecular flexibility index (Phi) is 13.2. The van der Waals surface area contributed by atoms with Gasteiger partial charge in [0, 0.05) is 11.4 Å². The molecule has 0 fully saturated rings. The van der Waals surface area contributed by atoms with Crippen LogP contribution in [0.25, 0.3) is 18.2 Å². The molecule has 0 heterocycles. The largest absolute Gasteiger partial charge is 0.356 e. The van der Waals surface area contributed by atoms with Gasteiger partial charge in [0.2, 0.25) is 0 Å². The first-order valence-corrected chi connectivity index (χ1v) is 17.2. The van der Waals surface area contributed by atoms with Gasteiger partial charge in [0.1, 0.15) is 0 Å². The van der Waals surface area contributed by atoms with E-state index in [1.54, 1.807) is 0 Å². The van der Waals surface area contributed by atoms with E-state index in [1.807, 2.05) is 18.2 Å². The van der Waals surface area contributed by atoms with Crippen LogP contribution in [0.2, 0.25) is 0 Å². The zero-order valence-corrected chi connectivity index (χ0v) is 28.5. The third-order valence-corrected chi connectivity index (χ3v) is 8.79. The summed E-state index contributed by atoms with van der Waals surface area (Å²) in [6.45, 7) is 11.4. The van der Waals surface area contributed by atoms with Crippen LogP contribution in [-0.2, 0) is 38.5 Å². The quantitative estimate of drug-likeness (QED) is 0.125. The van der Waals surface area contributed by atoms with E-state index in [0.29, 0.717) is 0 Å². The molecule has 6 rings (SSSR count). The molecule has 0 bridgehead atoms. The third-order valence-electron chi connectivity index (χ3n) is 8.79. The number of benzene rings is 6. The molecule has 1 heteroatoms. The normalized spacial score (nSPS) is 10.4. The highest BCUT2D eigenvalue weighted by atomic mass is 14.9. The average Bonchev–Trinajstić information content (AvgIpc) is 3.18. The molecule has 6 aromatic carbocycles. The summed E-state index contributed by atoms with van der Waals surface area (Å²) >= 11 is 0. The van der Waals surface area contributed by atoms with E-state index >= 15 is 0 Å². The highest BCUT2D eigenvalue weighted by Gasteiger charge is 2.01. The number of hydrogen-bond donors (Lipinski definition) is 1. The van der Waals surface area contributed by atoms with Crippen LogP contribution in [0.15, 0.2) is 171 Å². The van der Waals surface area contributed by atoms with Crippen molar-refractivity contribution in [1.82, 2.24) is 0 Å². The maximum atomic E-state index is 3.81. The molecule has 0 aliphatic carbocycles. The van der Waals surface area contributed by atoms with Crippen LogP contribution in [0.4, 0.5) is 11.4 Å². The smallest absolute Gasteiger partial charge is 0.0384 e. The maximum absolute atomic E-state index is 3.81. The summed E-state index contributed by atoms with van der Waals surface area (Å²) in [6, 6.07) is 54.0. The van der Waals surface area contributed by atoms with Gasteiger partial charge in [-0.2, -0.15) is 0 Å². The van der Waals surface area contributed by atoms with Gasteiger partial charge >= 0.3 is 0 Å². The number of aryl methyl sites for hydroxylation is 6. The number of anilines is 2. The van der Waals surface area contributed by atoms with Crippen LogP contribution in [-0.4, -0.2) is 0 Å². The molecule has 1 N–H and O–H groups in total. The molecule has 6 aromatic rings. The molecule has 0 aliphatic heterocycles. The first-order chi connectivity index (χ1) is 24.1. The molecule has 0 amide bonds. The van der Waals surface area contributed by atoms with E-state index in [4.69, 9.17) is 0 Å². The van der Waals surface area contributed by atoms with Crippen molar-refractivity contribution in [2.45, 2.75) is 38.5 Å². The second kappa shape index (κ2) is 18.6. The van der Waals surface area contributed by atoms with Gasteiger partial charge in [0.05, 0.1) is 0 Å². The Morgan fingerprint density at radius 1 is 0.306 bits per heavy atom. The second-order valence-electron chi connectivity index (χ2n) is 12.3. The zero-order valence-electron chi connectivity index (χ0n) is 28.5. The fourth-order valence-electron chi connectivity index (χ4n) is 5.65. The van der Waals surface area contributed by atoms with Gasteiger partial charge < -0.3 is 5.32 Å². The first-order valence-electron chi connectivity index (χ1n) is 17.2. The van der Waals surface area contributed by atoms with Gasteiger partial charge in [0.25, 0.3) is 0 Å². The predicted molar refractivity (Wildman–Crippen MR) is 214 cm³/mol. The molecule has 1 nitrogen and oxygen atoms in total. The third kappa shape index (κ3) is 11.5. The summed E-state index contributed by atoms with van der Waals surface area (Å²) in [5.41, 5.74) is 13.9. The lowest BCUT2D eigenvalue weighted by Gasteiger charge is -2.09. The molecule has 0 aliphatic rings. The standard InChI is InChI=1S/C32H31N.C16H16/c1-3-25-5-9-27(10-6-25)13-15-29-17-21-31(22-18-29)33-32-23-19-30(20-24-32)16-14-28-11-7-26(4-2)8-12-28;1-2-14-8-10-16(11-9-14)13-12-15-6-4-3-5-7-15/h3-12,17-24,33H,1-2,13-16H2;2-11H,1,12-13H2. The molecule has 0 aromatic heterocycles. The molecule has 49 heavy (non-hydrogen) atoms. The fourth-order valence-corrected chi connectivity index (χ4v) is 5.65.